The van der Waals surface area contributed by atoms with Crippen molar-refractivity contribution in [2.45, 2.75) is 25.3 Å². The molecule has 0 aliphatic heterocycles. The number of anilines is 1. The number of thiophene rings is 1. The van der Waals surface area contributed by atoms with Gasteiger partial charge >= 0.3 is 0 Å². The summed E-state index contributed by atoms with van der Waals surface area (Å²) in [6, 6.07) is -0.736. The van der Waals surface area contributed by atoms with Crippen LogP contribution in [0.25, 0.3) is 10.2 Å². The third-order valence-corrected chi connectivity index (χ3v) is 5.30. The van der Waals surface area contributed by atoms with Gasteiger partial charge in [0.1, 0.15) is 17.0 Å². The standard InChI is InChI=1S/C13H15N3O2S2/c1-19-5-8(13(17)18)16-11-10-7-3-2-4-9(7)20-12(10)15-6-14-11/h6,8H,2-5H2,1H3,(H,17,18)(H,14,15,16)/p-1/t8-/m0/s1. The molecule has 1 atom stereocenters. The number of fused-ring (bicyclic) bond motifs is 3. The Morgan fingerprint density at radius 3 is 3.15 bits per heavy atom. The predicted octanol–water partition coefficient (Wildman–Crippen LogP) is 1.07. The first kappa shape index (κ1) is 13.6. The molecule has 0 amide bonds. The predicted molar refractivity (Wildman–Crippen MR) is 80.2 cm³/mol. The number of hydrogen-bond acceptors (Lipinski definition) is 7. The molecule has 1 aliphatic rings. The lowest BCUT2D eigenvalue weighted by atomic mass is 10.2. The topological polar surface area (TPSA) is 77.9 Å². The van der Waals surface area contributed by atoms with Crippen LogP contribution in [-0.2, 0) is 17.6 Å². The molecular weight excluding hydrogens is 294 g/mol. The van der Waals surface area contributed by atoms with E-state index in [0.717, 1.165) is 29.5 Å². The summed E-state index contributed by atoms with van der Waals surface area (Å²) in [6.07, 6.45) is 6.62. The maximum atomic E-state index is 11.2. The van der Waals surface area contributed by atoms with E-state index in [0.29, 0.717) is 11.6 Å². The minimum absolute atomic E-state index is 0.445. The fourth-order valence-corrected chi connectivity index (χ4v) is 4.32. The van der Waals surface area contributed by atoms with Crippen molar-refractivity contribution in [2.24, 2.45) is 0 Å². The lowest BCUT2D eigenvalue weighted by Crippen LogP contribution is -2.42. The van der Waals surface area contributed by atoms with E-state index >= 15 is 0 Å². The van der Waals surface area contributed by atoms with E-state index in [1.807, 2.05) is 6.26 Å². The Labute approximate surface area is 124 Å². The molecule has 0 fully saturated rings. The first-order valence-electron chi connectivity index (χ1n) is 6.42. The number of aromatic nitrogens is 2. The van der Waals surface area contributed by atoms with Crippen molar-refractivity contribution in [3.8, 4) is 0 Å². The Morgan fingerprint density at radius 1 is 1.55 bits per heavy atom. The van der Waals surface area contributed by atoms with E-state index in [2.05, 4.69) is 15.3 Å². The van der Waals surface area contributed by atoms with E-state index in [1.54, 1.807) is 11.3 Å². The SMILES string of the molecule is CSC[C@H](Nc1ncnc2sc3c(c12)CCC3)C(=O)[O-]. The van der Waals surface area contributed by atoms with Crippen LogP contribution in [-0.4, -0.2) is 34.0 Å². The Kier molecular flexibility index (Phi) is 3.80. The van der Waals surface area contributed by atoms with E-state index in [-0.39, 0.29) is 0 Å². The Morgan fingerprint density at radius 2 is 2.40 bits per heavy atom. The number of thioether (sulfide) groups is 1. The second-order valence-electron chi connectivity index (χ2n) is 4.73. The molecule has 2 heterocycles. The lowest BCUT2D eigenvalue weighted by Gasteiger charge is -2.19. The Balaban J connectivity index is 2.00. The molecule has 0 saturated heterocycles. The number of carboxylic acid groups (broad SMARTS) is 1. The number of aryl methyl sites for hydroxylation is 2. The molecule has 5 nitrogen and oxygen atoms in total. The van der Waals surface area contributed by atoms with E-state index in [9.17, 15) is 9.90 Å². The third-order valence-electron chi connectivity index (χ3n) is 3.43. The average Bonchev–Trinajstić information content (AvgIpc) is 2.98. The molecule has 2 aromatic rings. The summed E-state index contributed by atoms with van der Waals surface area (Å²) in [5, 5.41) is 15.2. The molecule has 1 N–H and O–H groups in total. The maximum absolute atomic E-state index is 11.2. The third kappa shape index (κ3) is 2.35. The Bertz CT molecular complexity index is 656. The van der Waals surface area contributed by atoms with Crippen LogP contribution < -0.4 is 10.4 Å². The van der Waals surface area contributed by atoms with Crippen LogP contribution in [0.15, 0.2) is 6.33 Å². The molecule has 0 aromatic carbocycles. The minimum atomic E-state index is -1.10. The lowest BCUT2D eigenvalue weighted by molar-refractivity contribution is -0.306. The van der Waals surface area contributed by atoms with Gasteiger partial charge < -0.3 is 15.2 Å². The van der Waals surface area contributed by atoms with Crippen LogP contribution in [0.3, 0.4) is 0 Å². The number of carboxylic acids is 1. The first-order chi connectivity index (χ1) is 9.70. The largest absolute Gasteiger partial charge is 0.548 e. The number of carbonyl (C=O) groups is 1. The summed E-state index contributed by atoms with van der Waals surface area (Å²) in [4.78, 5) is 22.0. The highest BCUT2D eigenvalue weighted by molar-refractivity contribution is 7.98. The van der Waals surface area contributed by atoms with Gasteiger partial charge in [0.15, 0.2) is 0 Å². The van der Waals surface area contributed by atoms with Crippen LogP contribution in [0.1, 0.15) is 16.9 Å². The minimum Gasteiger partial charge on any atom is -0.548 e. The van der Waals surface area contributed by atoms with Crippen molar-refractivity contribution in [2.75, 3.05) is 17.3 Å². The van der Waals surface area contributed by atoms with Crippen LogP contribution >= 0.6 is 23.1 Å². The summed E-state index contributed by atoms with van der Waals surface area (Å²) in [5.41, 5.74) is 1.29. The number of rotatable bonds is 5. The summed E-state index contributed by atoms with van der Waals surface area (Å²) in [6.45, 7) is 0. The molecule has 0 saturated carbocycles. The quantitative estimate of drug-likeness (QED) is 0.890. The highest BCUT2D eigenvalue weighted by Crippen LogP contribution is 2.39. The van der Waals surface area contributed by atoms with E-state index in [4.69, 9.17) is 0 Å². The normalized spacial score (nSPS) is 15.2. The van der Waals surface area contributed by atoms with Crippen LogP contribution in [0.5, 0.6) is 0 Å². The zero-order valence-corrected chi connectivity index (χ0v) is 12.6. The average molecular weight is 308 g/mol. The zero-order chi connectivity index (χ0) is 14.1. The molecule has 106 valence electrons. The van der Waals surface area contributed by atoms with Gasteiger partial charge in [0.05, 0.1) is 17.4 Å². The van der Waals surface area contributed by atoms with E-state index < -0.39 is 12.0 Å². The van der Waals surface area contributed by atoms with Gasteiger partial charge in [0.25, 0.3) is 0 Å². The van der Waals surface area contributed by atoms with Crippen molar-refractivity contribution in [1.82, 2.24) is 9.97 Å². The fraction of sp³-hybridized carbons (Fsp3) is 0.462. The summed E-state index contributed by atoms with van der Waals surface area (Å²) in [7, 11) is 0. The number of carbonyl (C=O) groups excluding carboxylic acids is 1. The zero-order valence-electron chi connectivity index (χ0n) is 11.0. The molecule has 0 radical (unpaired) electrons. The Hall–Kier alpha value is -1.34. The van der Waals surface area contributed by atoms with Crippen molar-refractivity contribution >= 4 is 45.1 Å². The number of aliphatic carboxylic acids is 1. The number of nitrogens with one attached hydrogen (secondary N) is 1. The molecule has 20 heavy (non-hydrogen) atoms. The number of hydrogen-bond donors (Lipinski definition) is 1. The smallest absolute Gasteiger partial charge is 0.139 e. The fourth-order valence-electron chi connectivity index (χ4n) is 2.54. The molecule has 0 bridgehead atoms. The van der Waals surface area contributed by atoms with Crippen LogP contribution in [0.2, 0.25) is 0 Å². The van der Waals surface area contributed by atoms with Crippen molar-refractivity contribution in [1.29, 1.82) is 0 Å². The van der Waals surface area contributed by atoms with Gasteiger partial charge in [-0.15, -0.1) is 11.3 Å². The van der Waals surface area contributed by atoms with Gasteiger partial charge in [0, 0.05) is 10.6 Å². The molecule has 0 unspecified atom stereocenters. The van der Waals surface area contributed by atoms with Crippen molar-refractivity contribution in [3.05, 3.63) is 16.8 Å². The van der Waals surface area contributed by atoms with Crippen molar-refractivity contribution in [3.63, 3.8) is 0 Å². The first-order valence-corrected chi connectivity index (χ1v) is 8.63. The highest BCUT2D eigenvalue weighted by atomic mass is 32.2. The molecule has 1 aliphatic carbocycles. The monoisotopic (exact) mass is 308 g/mol. The highest BCUT2D eigenvalue weighted by Gasteiger charge is 2.22. The second kappa shape index (κ2) is 5.57. The molecule has 3 rings (SSSR count). The van der Waals surface area contributed by atoms with Gasteiger partial charge in [-0.3, -0.25) is 0 Å². The van der Waals surface area contributed by atoms with Gasteiger partial charge in [0.2, 0.25) is 0 Å². The maximum Gasteiger partial charge on any atom is 0.139 e. The van der Waals surface area contributed by atoms with Gasteiger partial charge in [-0.05, 0) is 31.1 Å². The summed E-state index contributed by atoms with van der Waals surface area (Å²) in [5.74, 6) is -0.0317. The van der Waals surface area contributed by atoms with Gasteiger partial charge in [-0.1, -0.05) is 0 Å². The van der Waals surface area contributed by atoms with Gasteiger partial charge in [-0.2, -0.15) is 11.8 Å². The summed E-state index contributed by atoms with van der Waals surface area (Å²) < 4.78 is 0. The molecule has 0 spiro atoms. The molecule has 7 heteroatoms. The number of nitrogens with zero attached hydrogens (tertiary/aromatic N) is 2. The second-order valence-corrected chi connectivity index (χ2v) is 6.73. The van der Waals surface area contributed by atoms with Crippen molar-refractivity contribution < 1.29 is 9.90 Å². The van der Waals surface area contributed by atoms with E-state index in [1.165, 1.54) is 28.5 Å². The van der Waals surface area contributed by atoms with Gasteiger partial charge in [-0.25, -0.2) is 9.97 Å². The van der Waals surface area contributed by atoms with Crippen LogP contribution in [0, 0.1) is 0 Å². The molecule has 2 aromatic heterocycles. The van der Waals surface area contributed by atoms with Crippen LogP contribution in [0.4, 0.5) is 5.82 Å². The molecular formula is C13H14N3O2S2-. The summed E-state index contributed by atoms with van der Waals surface area (Å²) >= 11 is 3.16.